The molecule has 8 heteroatoms. The maximum Gasteiger partial charge on any atom is 0.436 e. The molecule has 0 amide bonds. The molecule has 2 aromatic rings. The van der Waals surface area contributed by atoms with Gasteiger partial charge in [0.2, 0.25) is 0 Å². The van der Waals surface area contributed by atoms with Gasteiger partial charge in [0, 0.05) is 16.8 Å². The number of allylic oxidation sites excluding steroid dienone is 2. The fraction of sp³-hybridized carbons (Fsp3) is 0.333. The summed E-state index contributed by atoms with van der Waals surface area (Å²) in [6, 6.07) is 7.89. The van der Waals surface area contributed by atoms with Crippen LogP contribution >= 0.6 is 11.6 Å². The van der Waals surface area contributed by atoms with Gasteiger partial charge in [0.1, 0.15) is 5.75 Å². The van der Waals surface area contributed by atoms with Crippen LogP contribution in [0.15, 0.2) is 53.7 Å². The van der Waals surface area contributed by atoms with E-state index in [4.69, 9.17) is 16.3 Å². The molecule has 152 valence electrons. The molecule has 29 heavy (non-hydrogen) atoms. The number of aryl methyl sites for hydroxylation is 1. The molecule has 0 bridgehead atoms. The van der Waals surface area contributed by atoms with Gasteiger partial charge < -0.3 is 4.74 Å². The third kappa shape index (κ3) is 3.41. The van der Waals surface area contributed by atoms with E-state index in [0.717, 1.165) is 18.9 Å². The smallest absolute Gasteiger partial charge is 0.436 e. The van der Waals surface area contributed by atoms with E-state index in [2.05, 4.69) is 10.2 Å². The second-order valence-corrected chi connectivity index (χ2v) is 7.66. The number of hydrogen-bond acceptors (Lipinski definition) is 3. The fourth-order valence-corrected chi connectivity index (χ4v) is 3.80. The second kappa shape index (κ2) is 7.13. The number of rotatable bonds is 4. The van der Waals surface area contributed by atoms with Crippen LogP contribution in [0.2, 0.25) is 0 Å². The molecule has 1 heterocycles. The van der Waals surface area contributed by atoms with Crippen LogP contribution < -0.4 is 4.74 Å². The lowest BCUT2D eigenvalue weighted by Gasteiger charge is -2.41. The summed E-state index contributed by atoms with van der Waals surface area (Å²) >= 11 is 5.93. The highest BCUT2D eigenvalue weighted by atomic mass is 35.5. The van der Waals surface area contributed by atoms with Crippen LogP contribution in [0, 0.1) is 6.92 Å². The summed E-state index contributed by atoms with van der Waals surface area (Å²) in [5.74, 6) is 0.163. The molecule has 0 aliphatic heterocycles. The predicted octanol–water partition coefficient (Wildman–Crippen LogP) is 5.90. The van der Waals surface area contributed by atoms with Gasteiger partial charge in [-0.1, -0.05) is 29.8 Å². The molecule has 1 aromatic heterocycles. The van der Waals surface area contributed by atoms with E-state index in [-0.39, 0.29) is 22.4 Å². The second-order valence-electron chi connectivity index (χ2n) is 7.22. The highest BCUT2D eigenvalue weighted by Crippen LogP contribution is 2.53. The van der Waals surface area contributed by atoms with Gasteiger partial charge in [-0.2, -0.15) is 23.4 Å². The van der Waals surface area contributed by atoms with Crippen molar-refractivity contribution in [3.05, 3.63) is 70.5 Å². The Morgan fingerprint density at radius 3 is 2.55 bits per heavy atom. The van der Waals surface area contributed by atoms with Gasteiger partial charge in [-0.25, -0.2) is 4.39 Å². The van der Waals surface area contributed by atoms with Crippen LogP contribution in [0.5, 0.6) is 5.75 Å². The summed E-state index contributed by atoms with van der Waals surface area (Å²) in [6.07, 6.45) is -2.86. The molecular formula is C21H17ClF4N2O. The van der Waals surface area contributed by atoms with Crippen LogP contribution in [0.1, 0.15) is 35.6 Å². The summed E-state index contributed by atoms with van der Waals surface area (Å²) in [6.45, 7) is 1.65. The van der Waals surface area contributed by atoms with Crippen LogP contribution in [0.3, 0.4) is 0 Å². The van der Waals surface area contributed by atoms with Gasteiger partial charge in [0.05, 0.1) is 5.69 Å². The molecule has 2 unspecified atom stereocenters. The lowest BCUT2D eigenvalue weighted by atomic mass is 9.81. The zero-order valence-corrected chi connectivity index (χ0v) is 16.1. The summed E-state index contributed by atoms with van der Waals surface area (Å²) < 4.78 is 64.6. The summed E-state index contributed by atoms with van der Waals surface area (Å²) in [7, 11) is 0. The maximum atomic E-state index is 15.3. The minimum Gasteiger partial charge on any atom is -0.469 e. The molecule has 2 aliphatic rings. The van der Waals surface area contributed by atoms with E-state index in [0.29, 0.717) is 17.2 Å². The lowest BCUT2D eigenvalue weighted by molar-refractivity contribution is -0.238. The Bertz CT molecular complexity index is 986. The third-order valence-corrected chi connectivity index (χ3v) is 5.40. The number of aromatic nitrogens is 2. The van der Waals surface area contributed by atoms with E-state index in [1.165, 1.54) is 18.3 Å². The van der Waals surface area contributed by atoms with Crippen molar-refractivity contribution in [2.45, 2.75) is 43.6 Å². The fourth-order valence-electron chi connectivity index (χ4n) is 3.58. The van der Waals surface area contributed by atoms with Crippen molar-refractivity contribution in [1.29, 1.82) is 0 Å². The van der Waals surface area contributed by atoms with Gasteiger partial charge in [-0.15, -0.1) is 0 Å². The van der Waals surface area contributed by atoms with E-state index >= 15 is 4.39 Å². The molecule has 2 aliphatic carbocycles. The largest absolute Gasteiger partial charge is 0.469 e. The molecular weight excluding hydrogens is 408 g/mol. The molecule has 0 saturated heterocycles. The molecule has 2 atom stereocenters. The highest BCUT2D eigenvalue weighted by Gasteiger charge is 2.66. The normalized spacial score (nSPS) is 24.7. The molecule has 0 radical (unpaired) electrons. The minimum atomic E-state index is -5.09. The Kier molecular flexibility index (Phi) is 4.89. The van der Waals surface area contributed by atoms with Gasteiger partial charge >= 0.3 is 6.18 Å². The first-order valence-electron chi connectivity index (χ1n) is 9.11. The predicted molar refractivity (Wildman–Crippen MR) is 101 cm³/mol. The molecule has 1 fully saturated rings. The number of nitrogens with zero attached hydrogens (tertiary/aromatic N) is 2. The average molecular weight is 425 g/mol. The van der Waals surface area contributed by atoms with E-state index in [1.807, 2.05) is 0 Å². The summed E-state index contributed by atoms with van der Waals surface area (Å²) in [5, 5.41) is 7.24. The van der Waals surface area contributed by atoms with Crippen molar-refractivity contribution < 1.29 is 22.3 Å². The molecule has 0 spiro atoms. The molecule has 4 rings (SSSR count). The van der Waals surface area contributed by atoms with E-state index in [9.17, 15) is 13.2 Å². The van der Waals surface area contributed by atoms with Crippen LogP contribution in [-0.2, 0) is 0 Å². The Morgan fingerprint density at radius 1 is 1.17 bits per heavy atom. The van der Waals surface area contributed by atoms with Crippen molar-refractivity contribution in [2.24, 2.45) is 0 Å². The van der Waals surface area contributed by atoms with Crippen molar-refractivity contribution >= 4 is 17.2 Å². The first-order valence-corrected chi connectivity index (χ1v) is 9.48. The first-order chi connectivity index (χ1) is 13.7. The number of para-hydroxylation sites is 1. The minimum absolute atomic E-state index is 0.0520. The zero-order chi connectivity index (χ0) is 20.8. The number of halogens is 5. The quantitative estimate of drug-likeness (QED) is 0.573. The Labute approximate surface area is 170 Å². The van der Waals surface area contributed by atoms with Crippen LogP contribution in [0.25, 0.3) is 5.57 Å². The summed E-state index contributed by atoms with van der Waals surface area (Å²) in [5.41, 5.74) is -2.80. The molecule has 1 saturated carbocycles. The lowest BCUT2D eigenvalue weighted by Crippen LogP contribution is -2.58. The number of ether oxygens (including phenoxy) is 1. The van der Waals surface area contributed by atoms with Gasteiger partial charge in [-0.3, -0.25) is 0 Å². The molecule has 1 aromatic carbocycles. The first kappa shape index (κ1) is 19.9. The zero-order valence-electron chi connectivity index (χ0n) is 15.4. The van der Waals surface area contributed by atoms with Crippen LogP contribution in [0.4, 0.5) is 17.6 Å². The van der Waals surface area contributed by atoms with Gasteiger partial charge in [0.15, 0.2) is 6.17 Å². The van der Waals surface area contributed by atoms with Crippen molar-refractivity contribution in [1.82, 2.24) is 10.2 Å². The number of alkyl halides is 4. The van der Waals surface area contributed by atoms with Crippen molar-refractivity contribution in [3.8, 4) is 5.75 Å². The monoisotopic (exact) mass is 424 g/mol. The third-order valence-electron chi connectivity index (χ3n) is 5.17. The van der Waals surface area contributed by atoms with Gasteiger partial charge in [-0.05, 0) is 61.1 Å². The Morgan fingerprint density at radius 2 is 1.93 bits per heavy atom. The SMILES string of the molecule is Cc1cccc(C2CC2)c1OC1(C(F)(F)F)C(c2cccnn2)=CC(Cl)=CC1F. The molecule has 0 N–H and O–H groups in total. The van der Waals surface area contributed by atoms with Crippen molar-refractivity contribution in [3.63, 3.8) is 0 Å². The standard InChI is InChI=1S/C21H17ClF4N2O/c1-12-4-2-5-15(13-7-8-13)19(12)29-20(21(24,25)26)16(10-14(22)11-18(20)23)17-6-3-9-27-28-17/h2-6,9-11,13,18H,7-8H2,1H3. The van der Waals surface area contributed by atoms with E-state index < -0.39 is 23.5 Å². The topological polar surface area (TPSA) is 35.0 Å². The molecule has 3 nitrogen and oxygen atoms in total. The Balaban J connectivity index is 1.93. The number of benzene rings is 1. The summed E-state index contributed by atoms with van der Waals surface area (Å²) in [4.78, 5) is 0. The van der Waals surface area contributed by atoms with E-state index in [1.54, 1.807) is 25.1 Å². The van der Waals surface area contributed by atoms with Gasteiger partial charge in [0.25, 0.3) is 5.60 Å². The maximum absolute atomic E-state index is 15.3. The van der Waals surface area contributed by atoms with Crippen molar-refractivity contribution in [2.75, 3.05) is 0 Å². The average Bonchev–Trinajstić information content (AvgIpc) is 3.49. The highest BCUT2D eigenvalue weighted by molar-refractivity contribution is 6.32. The number of hydrogen-bond donors (Lipinski definition) is 0. The van der Waals surface area contributed by atoms with Crippen LogP contribution in [-0.4, -0.2) is 28.1 Å². The Hall–Kier alpha value is -2.41.